The van der Waals surface area contributed by atoms with Gasteiger partial charge in [0.2, 0.25) is 5.91 Å². The zero-order chi connectivity index (χ0) is 13.1. The van der Waals surface area contributed by atoms with Crippen LogP contribution in [0.15, 0.2) is 0 Å². The fourth-order valence-electron chi connectivity index (χ4n) is 2.52. The minimum atomic E-state index is 0.0321. The Morgan fingerprint density at radius 2 is 1.72 bits per heavy atom. The van der Waals surface area contributed by atoms with E-state index in [1.165, 1.54) is 0 Å². The maximum absolute atomic E-state index is 12.2. The molecule has 2 saturated heterocycles. The maximum atomic E-state index is 12.2. The molecule has 0 saturated carbocycles. The second kappa shape index (κ2) is 5.56. The molecule has 0 aromatic carbocycles. The molecule has 2 fully saturated rings. The van der Waals surface area contributed by atoms with Crippen molar-refractivity contribution in [3.63, 3.8) is 0 Å². The molecule has 2 rings (SSSR count). The number of piperazine rings is 1. The summed E-state index contributed by atoms with van der Waals surface area (Å²) in [6.07, 6.45) is 0.940. The molecule has 0 radical (unpaired) electrons. The summed E-state index contributed by atoms with van der Waals surface area (Å²) < 4.78 is 0. The van der Waals surface area contributed by atoms with Crippen molar-refractivity contribution in [2.24, 2.45) is 5.92 Å². The van der Waals surface area contributed by atoms with Crippen molar-refractivity contribution in [3.05, 3.63) is 0 Å². The molecule has 6 nitrogen and oxygen atoms in total. The van der Waals surface area contributed by atoms with E-state index in [0.29, 0.717) is 26.2 Å². The topological polar surface area (TPSA) is 55.9 Å². The number of amides is 3. The number of nitrogens with zero attached hydrogens (tertiary/aromatic N) is 3. The predicted molar refractivity (Wildman–Crippen MR) is 68.2 cm³/mol. The summed E-state index contributed by atoms with van der Waals surface area (Å²) in [5, 5.41) is 3.22. The molecule has 2 aliphatic heterocycles. The Kier molecular flexibility index (Phi) is 4.06. The summed E-state index contributed by atoms with van der Waals surface area (Å²) in [6, 6.07) is 0.0321. The molecular formula is C12H22N4O2. The summed E-state index contributed by atoms with van der Waals surface area (Å²) in [4.78, 5) is 29.2. The van der Waals surface area contributed by atoms with Gasteiger partial charge < -0.3 is 20.0 Å². The van der Waals surface area contributed by atoms with Gasteiger partial charge in [0, 0.05) is 46.8 Å². The van der Waals surface area contributed by atoms with Crippen LogP contribution in [0.25, 0.3) is 0 Å². The van der Waals surface area contributed by atoms with Gasteiger partial charge in [-0.2, -0.15) is 0 Å². The van der Waals surface area contributed by atoms with E-state index in [1.807, 2.05) is 4.90 Å². The van der Waals surface area contributed by atoms with Crippen molar-refractivity contribution in [1.82, 2.24) is 20.0 Å². The van der Waals surface area contributed by atoms with E-state index in [-0.39, 0.29) is 17.9 Å². The van der Waals surface area contributed by atoms with Crippen molar-refractivity contribution in [3.8, 4) is 0 Å². The Bertz CT molecular complexity index is 318. The SMILES string of the molecule is CN(C)C(=O)N1CCN(C(=O)C2CCNC2)CC1. The van der Waals surface area contributed by atoms with Crippen molar-refractivity contribution in [2.75, 3.05) is 53.4 Å². The Hall–Kier alpha value is -1.30. The Morgan fingerprint density at radius 1 is 1.11 bits per heavy atom. The van der Waals surface area contributed by atoms with Gasteiger partial charge in [0.15, 0.2) is 0 Å². The zero-order valence-electron chi connectivity index (χ0n) is 11.2. The van der Waals surface area contributed by atoms with Gasteiger partial charge in [-0.05, 0) is 13.0 Å². The molecule has 3 amide bonds. The molecule has 6 heteroatoms. The monoisotopic (exact) mass is 254 g/mol. The first-order valence-electron chi connectivity index (χ1n) is 6.55. The molecule has 102 valence electrons. The van der Waals surface area contributed by atoms with E-state index in [2.05, 4.69) is 5.32 Å². The molecule has 0 aromatic heterocycles. The molecule has 0 aliphatic carbocycles. The van der Waals surface area contributed by atoms with E-state index < -0.39 is 0 Å². The van der Waals surface area contributed by atoms with Gasteiger partial charge in [0.1, 0.15) is 0 Å². The van der Waals surface area contributed by atoms with E-state index in [9.17, 15) is 9.59 Å². The highest BCUT2D eigenvalue weighted by Crippen LogP contribution is 2.14. The van der Waals surface area contributed by atoms with Crippen LogP contribution < -0.4 is 5.32 Å². The number of hydrogen-bond donors (Lipinski definition) is 1. The van der Waals surface area contributed by atoms with Gasteiger partial charge in [-0.15, -0.1) is 0 Å². The first-order valence-corrected chi connectivity index (χ1v) is 6.55. The summed E-state index contributed by atoms with van der Waals surface area (Å²) in [6.45, 7) is 4.35. The molecule has 0 bridgehead atoms. The summed E-state index contributed by atoms with van der Waals surface area (Å²) in [7, 11) is 3.51. The smallest absolute Gasteiger partial charge is 0.319 e. The minimum Gasteiger partial charge on any atom is -0.339 e. The standard InChI is InChI=1S/C12H22N4O2/c1-14(2)12(18)16-7-5-15(6-8-16)11(17)10-3-4-13-9-10/h10,13H,3-9H2,1-2H3. The average molecular weight is 254 g/mol. The number of carbonyl (C=O) groups is 2. The van der Waals surface area contributed by atoms with E-state index in [0.717, 1.165) is 19.5 Å². The first kappa shape index (κ1) is 13.1. The Morgan fingerprint density at radius 3 is 2.22 bits per heavy atom. The molecule has 18 heavy (non-hydrogen) atoms. The summed E-state index contributed by atoms with van der Waals surface area (Å²) in [5.41, 5.74) is 0. The molecule has 0 spiro atoms. The number of carbonyl (C=O) groups excluding carboxylic acids is 2. The van der Waals surface area contributed by atoms with Crippen molar-refractivity contribution < 1.29 is 9.59 Å². The largest absolute Gasteiger partial charge is 0.339 e. The highest BCUT2D eigenvalue weighted by molar-refractivity contribution is 5.80. The summed E-state index contributed by atoms with van der Waals surface area (Å²) in [5.74, 6) is 0.387. The van der Waals surface area contributed by atoms with Crippen molar-refractivity contribution >= 4 is 11.9 Å². The van der Waals surface area contributed by atoms with Crippen LogP contribution in [-0.2, 0) is 4.79 Å². The molecular weight excluding hydrogens is 232 g/mol. The predicted octanol–water partition coefficient (Wildman–Crippen LogP) is -0.578. The summed E-state index contributed by atoms with van der Waals surface area (Å²) >= 11 is 0. The second-order valence-corrected chi connectivity index (χ2v) is 5.18. The number of rotatable bonds is 1. The van der Waals surface area contributed by atoms with Gasteiger partial charge >= 0.3 is 6.03 Å². The van der Waals surface area contributed by atoms with E-state index in [4.69, 9.17) is 0 Å². The maximum Gasteiger partial charge on any atom is 0.319 e. The van der Waals surface area contributed by atoms with Crippen molar-refractivity contribution in [2.45, 2.75) is 6.42 Å². The third-order valence-corrected chi connectivity index (χ3v) is 3.65. The highest BCUT2D eigenvalue weighted by Gasteiger charge is 2.30. The normalized spacial score (nSPS) is 24.2. The van der Waals surface area contributed by atoms with Gasteiger partial charge in [-0.1, -0.05) is 0 Å². The molecule has 1 unspecified atom stereocenters. The third kappa shape index (κ3) is 2.75. The molecule has 2 heterocycles. The van der Waals surface area contributed by atoms with Crippen LogP contribution in [-0.4, -0.2) is 80.0 Å². The van der Waals surface area contributed by atoms with Gasteiger partial charge in [-0.3, -0.25) is 4.79 Å². The quantitative estimate of drug-likeness (QED) is 0.681. The average Bonchev–Trinajstić information content (AvgIpc) is 2.91. The van der Waals surface area contributed by atoms with E-state index in [1.54, 1.807) is 23.9 Å². The van der Waals surface area contributed by atoms with Crippen molar-refractivity contribution in [1.29, 1.82) is 0 Å². The van der Waals surface area contributed by atoms with Gasteiger partial charge in [0.05, 0.1) is 5.92 Å². The lowest BCUT2D eigenvalue weighted by molar-refractivity contribution is -0.136. The molecule has 1 N–H and O–H groups in total. The van der Waals surface area contributed by atoms with Crippen LogP contribution in [0.2, 0.25) is 0 Å². The Labute approximate surface area is 108 Å². The number of hydrogen-bond acceptors (Lipinski definition) is 3. The molecule has 1 atom stereocenters. The first-order chi connectivity index (χ1) is 8.59. The number of urea groups is 1. The van der Waals surface area contributed by atoms with Gasteiger partial charge in [-0.25, -0.2) is 4.79 Å². The lowest BCUT2D eigenvalue weighted by Crippen LogP contribution is -2.54. The zero-order valence-corrected chi connectivity index (χ0v) is 11.2. The third-order valence-electron chi connectivity index (χ3n) is 3.65. The van der Waals surface area contributed by atoms with E-state index >= 15 is 0 Å². The lowest BCUT2D eigenvalue weighted by Gasteiger charge is -2.36. The van der Waals surface area contributed by atoms with Crippen LogP contribution in [0, 0.1) is 5.92 Å². The van der Waals surface area contributed by atoms with Crippen LogP contribution in [0.3, 0.4) is 0 Å². The van der Waals surface area contributed by atoms with Gasteiger partial charge in [0.25, 0.3) is 0 Å². The molecule has 0 aromatic rings. The van der Waals surface area contributed by atoms with Crippen LogP contribution in [0.1, 0.15) is 6.42 Å². The minimum absolute atomic E-state index is 0.0321. The second-order valence-electron chi connectivity index (χ2n) is 5.18. The highest BCUT2D eigenvalue weighted by atomic mass is 16.2. The van der Waals surface area contributed by atoms with Crippen LogP contribution in [0.4, 0.5) is 4.79 Å². The fraction of sp³-hybridized carbons (Fsp3) is 0.833. The Balaban J connectivity index is 1.82. The van der Waals surface area contributed by atoms with Crippen LogP contribution in [0.5, 0.6) is 0 Å². The molecule has 2 aliphatic rings. The fourth-order valence-corrected chi connectivity index (χ4v) is 2.52. The number of nitrogens with one attached hydrogen (secondary N) is 1. The van der Waals surface area contributed by atoms with Crippen LogP contribution >= 0.6 is 0 Å². The lowest BCUT2D eigenvalue weighted by atomic mass is 10.1.